The van der Waals surface area contributed by atoms with E-state index in [1.807, 2.05) is 28.8 Å². The smallest absolute Gasteiger partial charge is 0.240 e. The SMILES string of the molecule is c1ccc(-c2cccc(-c3nc(-c4cccc(-c5ccccc5)c4)nc(-n4c5ccccc5c5nc6c(nc54)sc4ccccc46)n3)c2)cc1. The predicted molar refractivity (Wildman–Crippen MR) is 204 cm³/mol. The summed E-state index contributed by atoms with van der Waals surface area (Å²) in [5.74, 6) is 1.64. The molecule has 0 radical (unpaired) electrons. The second kappa shape index (κ2) is 11.5. The van der Waals surface area contributed by atoms with Crippen LogP contribution in [-0.2, 0) is 0 Å². The van der Waals surface area contributed by atoms with E-state index in [1.165, 1.54) is 0 Å². The molecular formula is C43H26N6S. The minimum Gasteiger partial charge on any atom is -0.260 e. The molecule has 0 bridgehead atoms. The maximum absolute atomic E-state index is 5.26. The number of rotatable bonds is 5. The van der Waals surface area contributed by atoms with Crippen LogP contribution in [0.25, 0.3) is 93.5 Å². The minimum atomic E-state index is 0.487. The summed E-state index contributed by atoms with van der Waals surface area (Å²) >= 11 is 1.65. The molecule has 0 unspecified atom stereocenters. The Hall–Kier alpha value is -6.57. The number of hydrogen-bond acceptors (Lipinski definition) is 6. The van der Waals surface area contributed by atoms with E-state index in [0.717, 1.165) is 70.2 Å². The van der Waals surface area contributed by atoms with Crippen molar-refractivity contribution >= 4 is 53.8 Å². The maximum Gasteiger partial charge on any atom is 0.240 e. The van der Waals surface area contributed by atoms with Gasteiger partial charge >= 0.3 is 0 Å². The van der Waals surface area contributed by atoms with Crippen LogP contribution in [0.2, 0.25) is 0 Å². The van der Waals surface area contributed by atoms with Gasteiger partial charge in [0.1, 0.15) is 15.9 Å². The van der Waals surface area contributed by atoms with Gasteiger partial charge in [-0.3, -0.25) is 4.57 Å². The van der Waals surface area contributed by atoms with Gasteiger partial charge in [0.15, 0.2) is 17.3 Å². The lowest BCUT2D eigenvalue weighted by atomic mass is 10.0. The topological polar surface area (TPSA) is 69.4 Å². The van der Waals surface area contributed by atoms with Crippen molar-refractivity contribution in [1.29, 1.82) is 0 Å². The second-order valence-electron chi connectivity index (χ2n) is 12.2. The number of hydrogen-bond donors (Lipinski definition) is 0. The number of benzene rings is 6. The van der Waals surface area contributed by atoms with Crippen LogP contribution in [0.15, 0.2) is 158 Å². The molecule has 0 amide bonds. The number of nitrogens with zero attached hydrogens (tertiary/aromatic N) is 6. The third-order valence-corrected chi connectivity index (χ3v) is 10.1. The molecule has 0 aliphatic heterocycles. The van der Waals surface area contributed by atoms with E-state index < -0.39 is 0 Å². The first-order valence-corrected chi connectivity index (χ1v) is 17.3. The molecule has 6 aromatic carbocycles. The average Bonchev–Trinajstić information content (AvgIpc) is 3.72. The van der Waals surface area contributed by atoms with Crippen molar-refractivity contribution in [3.8, 4) is 51.0 Å². The molecule has 6 nitrogen and oxygen atoms in total. The molecule has 4 heterocycles. The first-order valence-electron chi connectivity index (χ1n) is 16.4. The van der Waals surface area contributed by atoms with Crippen LogP contribution in [0.4, 0.5) is 0 Å². The van der Waals surface area contributed by atoms with Gasteiger partial charge in [0.2, 0.25) is 5.95 Å². The summed E-state index contributed by atoms with van der Waals surface area (Å²) in [6.45, 7) is 0. The van der Waals surface area contributed by atoms with Gasteiger partial charge in [-0.25, -0.2) is 15.0 Å². The van der Waals surface area contributed by atoms with Gasteiger partial charge in [-0.1, -0.05) is 133 Å². The van der Waals surface area contributed by atoms with E-state index in [-0.39, 0.29) is 0 Å². The molecule has 4 aromatic heterocycles. The molecule has 7 heteroatoms. The molecule has 50 heavy (non-hydrogen) atoms. The lowest BCUT2D eigenvalue weighted by Crippen LogP contribution is -2.07. The fraction of sp³-hybridized carbons (Fsp3) is 0. The molecule has 0 spiro atoms. The van der Waals surface area contributed by atoms with Crippen molar-refractivity contribution in [3.05, 3.63) is 158 Å². The Balaban J connectivity index is 1.24. The van der Waals surface area contributed by atoms with Crippen LogP contribution in [0.5, 0.6) is 0 Å². The second-order valence-corrected chi connectivity index (χ2v) is 13.2. The summed E-state index contributed by atoms with van der Waals surface area (Å²) in [5.41, 5.74) is 9.61. The quantitative estimate of drug-likeness (QED) is 0.184. The number of fused-ring (bicyclic) bond motifs is 6. The first kappa shape index (κ1) is 28.4. The van der Waals surface area contributed by atoms with Crippen molar-refractivity contribution < 1.29 is 0 Å². The Kier molecular flexibility index (Phi) is 6.57. The molecule has 0 atom stereocenters. The summed E-state index contributed by atoms with van der Waals surface area (Å²) in [6, 6.07) is 54.1. The highest BCUT2D eigenvalue weighted by Gasteiger charge is 2.21. The van der Waals surface area contributed by atoms with Crippen LogP contribution >= 0.6 is 11.3 Å². The Bertz CT molecular complexity index is 2780. The van der Waals surface area contributed by atoms with Gasteiger partial charge < -0.3 is 0 Å². The first-order chi connectivity index (χ1) is 24.8. The van der Waals surface area contributed by atoms with E-state index in [2.05, 4.69) is 133 Å². The summed E-state index contributed by atoms with van der Waals surface area (Å²) in [4.78, 5) is 26.9. The van der Waals surface area contributed by atoms with Gasteiger partial charge in [-0.05, 0) is 46.5 Å². The van der Waals surface area contributed by atoms with E-state index in [4.69, 9.17) is 24.9 Å². The molecular weight excluding hydrogens is 633 g/mol. The zero-order chi connectivity index (χ0) is 33.0. The maximum atomic E-state index is 5.26. The fourth-order valence-corrected chi connectivity index (χ4v) is 7.71. The highest BCUT2D eigenvalue weighted by Crippen LogP contribution is 2.37. The molecule has 0 saturated carbocycles. The third kappa shape index (κ3) is 4.75. The molecule has 0 N–H and O–H groups in total. The summed E-state index contributed by atoms with van der Waals surface area (Å²) in [6.07, 6.45) is 0. The normalized spacial score (nSPS) is 11.6. The Labute approximate surface area is 291 Å². The molecule has 0 saturated heterocycles. The highest BCUT2D eigenvalue weighted by atomic mass is 32.1. The molecule has 10 aromatic rings. The molecule has 0 aliphatic carbocycles. The minimum absolute atomic E-state index is 0.487. The molecule has 10 rings (SSSR count). The van der Waals surface area contributed by atoms with E-state index in [0.29, 0.717) is 23.2 Å². The zero-order valence-corrected chi connectivity index (χ0v) is 27.4. The van der Waals surface area contributed by atoms with Crippen LogP contribution in [0.1, 0.15) is 0 Å². The average molecular weight is 659 g/mol. The summed E-state index contributed by atoms with van der Waals surface area (Å²) < 4.78 is 3.20. The molecule has 0 aliphatic rings. The fourth-order valence-electron chi connectivity index (χ4n) is 6.70. The van der Waals surface area contributed by atoms with Gasteiger partial charge in [-0.15, -0.1) is 11.3 Å². The zero-order valence-electron chi connectivity index (χ0n) is 26.6. The summed E-state index contributed by atoms with van der Waals surface area (Å²) in [5, 5.41) is 2.10. The van der Waals surface area contributed by atoms with Gasteiger partial charge in [0.25, 0.3) is 0 Å². The third-order valence-electron chi connectivity index (χ3n) is 9.09. The lowest BCUT2D eigenvalue weighted by molar-refractivity contribution is 0.945. The monoisotopic (exact) mass is 658 g/mol. The number of aromatic nitrogens is 6. The van der Waals surface area contributed by atoms with Gasteiger partial charge in [0.05, 0.1) is 5.52 Å². The summed E-state index contributed by atoms with van der Waals surface area (Å²) in [7, 11) is 0. The van der Waals surface area contributed by atoms with Crippen LogP contribution in [0, 0.1) is 0 Å². The lowest BCUT2D eigenvalue weighted by Gasteiger charge is -2.12. The molecule has 0 fully saturated rings. The van der Waals surface area contributed by atoms with Crippen molar-refractivity contribution in [2.45, 2.75) is 0 Å². The van der Waals surface area contributed by atoms with Crippen LogP contribution < -0.4 is 0 Å². The van der Waals surface area contributed by atoms with E-state index in [1.54, 1.807) is 11.3 Å². The van der Waals surface area contributed by atoms with Crippen molar-refractivity contribution in [3.63, 3.8) is 0 Å². The Morgan fingerprint density at radius 2 is 0.940 bits per heavy atom. The number of para-hydroxylation sites is 1. The van der Waals surface area contributed by atoms with Crippen LogP contribution in [0.3, 0.4) is 0 Å². The Morgan fingerprint density at radius 1 is 0.400 bits per heavy atom. The van der Waals surface area contributed by atoms with E-state index >= 15 is 0 Å². The Morgan fingerprint density at radius 3 is 1.60 bits per heavy atom. The van der Waals surface area contributed by atoms with Crippen molar-refractivity contribution in [1.82, 2.24) is 29.5 Å². The predicted octanol–water partition coefficient (Wildman–Crippen LogP) is 10.8. The highest BCUT2D eigenvalue weighted by molar-refractivity contribution is 7.25. The van der Waals surface area contributed by atoms with Crippen LogP contribution in [-0.4, -0.2) is 29.5 Å². The largest absolute Gasteiger partial charge is 0.260 e. The van der Waals surface area contributed by atoms with Gasteiger partial charge in [-0.2, -0.15) is 9.97 Å². The van der Waals surface area contributed by atoms with Gasteiger partial charge in [0, 0.05) is 26.6 Å². The van der Waals surface area contributed by atoms with Crippen molar-refractivity contribution in [2.24, 2.45) is 0 Å². The molecule has 234 valence electrons. The van der Waals surface area contributed by atoms with E-state index in [9.17, 15) is 0 Å². The number of thiophene rings is 1. The standard InChI is InChI=1S/C43H26N6S/c1-3-13-27(14-4-1)29-17-11-19-31(25-29)39-45-40(32-20-12-18-30(26-32)28-15-5-2-6-16-28)47-43(46-39)49-35-23-9-7-21-33(35)37-41(49)48-42-38(44-37)34-22-8-10-24-36(34)50-42/h1-26H. The van der Waals surface area contributed by atoms with Crippen molar-refractivity contribution in [2.75, 3.05) is 0 Å².